The Bertz CT molecular complexity index is 1000. The third-order valence-corrected chi connectivity index (χ3v) is 4.24. The van der Waals surface area contributed by atoms with E-state index in [1.807, 2.05) is 43.1 Å². The van der Waals surface area contributed by atoms with Crippen LogP contribution in [0.1, 0.15) is 22.6 Å². The molecule has 3 rings (SSSR count). The predicted molar refractivity (Wildman–Crippen MR) is 100 cm³/mol. The van der Waals surface area contributed by atoms with Crippen molar-refractivity contribution in [3.8, 4) is 0 Å². The van der Waals surface area contributed by atoms with Crippen LogP contribution in [0.5, 0.6) is 0 Å². The molecular weight excluding hydrogens is 332 g/mol. The van der Waals surface area contributed by atoms with Gasteiger partial charge in [0, 0.05) is 6.54 Å². The topological polar surface area (TPSA) is 91.2 Å². The van der Waals surface area contributed by atoms with Crippen molar-refractivity contribution in [2.24, 2.45) is 0 Å². The van der Waals surface area contributed by atoms with Crippen molar-refractivity contribution in [2.45, 2.75) is 27.3 Å². The number of likely N-dealkylation sites (N-methyl/N-ethyl adjacent to an activating group) is 1. The fourth-order valence-corrected chi connectivity index (χ4v) is 3.00. The van der Waals surface area contributed by atoms with Gasteiger partial charge in [0.2, 0.25) is 11.8 Å². The molecule has 7 heteroatoms. The van der Waals surface area contributed by atoms with E-state index in [1.165, 1.54) is 5.56 Å². The summed E-state index contributed by atoms with van der Waals surface area (Å²) in [4.78, 5) is 26.4. The first-order valence-corrected chi connectivity index (χ1v) is 8.37. The first-order chi connectivity index (χ1) is 12.3. The predicted octanol–water partition coefficient (Wildman–Crippen LogP) is 2.51. The Kier molecular flexibility index (Phi) is 4.90. The highest BCUT2D eigenvalue weighted by Crippen LogP contribution is 2.28. The van der Waals surface area contributed by atoms with E-state index in [1.54, 1.807) is 13.8 Å². The number of benzene rings is 1. The number of anilines is 1. The molecule has 0 saturated carbocycles. The molecule has 1 aromatic carbocycles. The lowest BCUT2D eigenvalue weighted by atomic mass is 10.1. The zero-order chi connectivity index (χ0) is 18.8. The molecule has 0 saturated heterocycles. The van der Waals surface area contributed by atoms with Crippen molar-refractivity contribution in [3.05, 3.63) is 57.2 Å². The Morgan fingerprint density at radius 2 is 1.88 bits per heavy atom. The van der Waals surface area contributed by atoms with Crippen molar-refractivity contribution in [1.82, 2.24) is 15.1 Å². The Morgan fingerprint density at radius 3 is 2.58 bits per heavy atom. The number of carbonyl (C=O) groups excluding carboxylic acids is 1. The molecule has 136 valence electrons. The van der Waals surface area contributed by atoms with Gasteiger partial charge in [0.15, 0.2) is 0 Å². The van der Waals surface area contributed by atoms with Gasteiger partial charge in [-0.25, -0.2) is 5.10 Å². The molecule has 3 aromatic rings. The Morgan fingerprint density at radius 1 is 1.19 bits per heavy atom. The number of H-pyrrole nitrogens is 1. The van der Waals surface area contributed by atoms with Gasteiger partial charge in [0.05, 0.1) is 17.6 Å². The maximum Gasteiger partial charge on any atom is 0.277 e. The molecule has 0 atom stereocenters. The number of furan rings is 1. The van der Waals surface area contributed by atoms with Gasteiger partial charge in [-0.2, -0.15) is 5.10 Å². The maximum atomic E-state index is 12.4. The maximum absolute atomic E-state index is 12.4. The van der Waals surface area contributed by atoms with Crippen LogP contribution in [0.4, 0.5) is 5.88 Å². The van der Waals surface area contributed by atoms with Gasteiger partial charge in [-0.05, 0) is 33.4 Å². The summed E-state index contributed by atoms with van der Waals surface area (Å²) in [5, 5.41) is 10.0. The second-order valence-electron chi connectivity index (χ2n) is 6.58. The monoisotopic (exact) mass is 354 g/mol. The molecule has 0 bridgehead atoms. The summed E-state index contributed by atoms with van der Waals surface area (Å²) in [6, 6.07) is 8.18. The zero-order valence-corrected chi connectivity index (χ0v) is 15.3. The van der Waals surface area contributed by atoms with Crippen LogP contribution < -0.4 is 10.9 Å². The van der Waals surface area contributed by atoms with Crippen LogP contribution in [0, 0.1) is 20.8 Å². The lowest BCUT2D eigenvalue weighted by Crippen LogP contribution is -2.30. The molecule has 26 heavy (non-hydrogen) atoms. The van der Waals surface area contributed by atoms with Crippen LogP contribution in [-0.4, -0.2) is 34.6 Å². The fraction of sp³-hybridized carbons (Fsp3) is 0.316. The number of amides is 1. The van der Waals surface area contributed by atoms with E-state index >= 15 is 0 Å². The SMILES string of the molecule is Cc1ccc(CN(C)CC(=O)Nc2oc(C)c3c(C)n[nH]c(=O)c23)cc1. The summed E-state index contributed by atoms with van der Waals surface area (Å²) in [5.41, 5.74) is 2.59. The first-order valence-electron chi connectivity index (χ1n) is 8.37. The molecular formula is C19H22N4O3. The molecule has 0 aliphatic heterocycles. The summed E-state index contributed by atoms with van der Waals surface area (Å²) in [5.74, 6) is 0.474. The second-order valence-corrected chi connectivity index (χ2v) is 6.58. The van der Waals surface area contributed by atoms with Gasteiger partial charge >= 0.3 is 0 Å². The molecule has 0 aliphatic rings. The average Bonchev–Trinajstić information content (AvgIpc) is 2.90. The number of fused-ring (bicyclic) bond motifs is 1. The average molecular weight is 354 g/mol. The first kappa shape index (κ1) is 17.9. The standard InChI is InChI=1S/C19H22N4O3/c1-11-5-7-14(8-6-11)9-23(4)10-15(24)20-19-17-16(13(3)26-19)12(2)21-22-18(17)25/h5-8H,9-10H2,1-4H3,(H,20,24)(H,22,25). The van der Waals surface area contributed by atoms with E-state index < -0.39 is 0 Å². The second kappa shape index (κ2) is 7.13. The van der Waals surface area contributed by atoms with E-state index in [-0.39, 0.29) is 23.9 Å². The van der Waals surface area contributed by atoms with Crippen LogP contribution >= 0.6 is 0 Å². The smallest absolute Gasteiger partial charge is 0.277 e. The summed E-state index contributed by atoms with van der Waals surface area (Å²) in [6.45, 7) is 6.39. The summed E-state index contributed by atoms with van der Waals surface area (Å²) >= 11 is 0. The van der Waals surface area contributed by atoms with E-state index in [0.29, 0.717) is 28.8 Å². The number of hydrogen-bond donors (Lipinski definition) is 2. The van der Waals surface area contributed by atoms with Gasteiger partial charge in [-0.3, -0.25) is 19.8 Å². The van der Waals surface area contributed by atoms with Crippen LogP contribution in [0.3, 0.4) is 0 Å². The highest BCUT2D eigenvalue weighted by atomic mass is 16.4. The van der Waals surface area contributed by atoms with Crippen molar-refractivity contribution in [2.75, 3.05) is 18.9 Å². The lowest BCUT2D eigenvalue weighted by molar-refractivity contribution is -0.117. The Balaban J connectivity index is 1.72. The van der Waals surface area contributed by atoms with Crippen LogP contribution in [0.25, 0.3) is 10.8 Å². The highest BCUT2D eigenvalue weighted by Gasteiger charge is 2.19. The molecule has 0 fully saturated rings. The molecule has 7 nitrogen and oxygen atoms in total. The van der Waals surface area contributed by atoms with Gasteiger partial charge in [0.25, 0.3) is 5.56 Å². The number of carbonyl (C=O) groups is 1. The lowest BCUT2D eigenvalue weighted by Gasteiger charge is -2.16. The molecule has 2 aromatic heterocycles. The van der Waals surface area contributed by atoms with Crippen LogP contribution in [0.15, 0.2) is 33.5 Å². The number of nitrogens with one attached hydrogen (secondary N) is 2. The van der Waals surface area contributed by atoms with Crippen LogP contribution in [-0.2, 0) is 11.3 Å². The van der Waals surface area contributed by atoms with Gasteiger partial charge < -0.3 is 4.42 Å². The molecule has 1 amide bonds. The Hall–Kier alpha value is -2.93. The molecule has 2 N–H and O–H groups in total. The summed E-state index contributed by atoms with van der Waals surface area (Å²) in [7, 11) is 1.87. The fourth-order valence-electron chi connectivity index (χ4n) is 3.00. The van der Waals surface area contributed by atoms with E-state index in [4.69, 9.17) is 4.42 Å². The minimum Gasteiger partial charge on any atom is -0.444 e. The van der Waals surface area contributed by atoms with Crippen molar-refractivity contribution >= 4 is 22.6 Å². The number of aryl methyl sites for hydroxylation is 3. The largest absolute Gasteiger partial charge is 0.444 e. The normalized spacial score (nSPS) is 11.3. The van der Waals surface area contributed by atoms with Crippen molar-refractivity contribution in [3.63, 3.8) is 0 Å². The molecule has 0 spiro atoms. The molecule has 0 unspecified atom stereocenters. The zero-order valence-electron chi connectivity index (χ0n) is 15.3. The number of nitrogens with zero attached hydrogens (tertiary/aromatic N) is 2. The minimum atomic E-state index is -0.384. The Labute approximate surface area is 151 Å². The molecule has 0 aliphatic carbocycles. The highest BCUT2D eigenvalue weighted by molar-refractivity contribution is 6.01. The molecule has 0 radical (unpaired) electrons. The van der Waals surface area contributed by atoms with E-state index in [2.05, 4.69) is 15.5 Å². The van der Waals surface area contributed by atoms with E-state index in [0.717, 1.165) is 5.56 Å². The number of hydrogen-bond acceptors (Lipinski definition) is 5. The minimum absolute atomic E-state index is 0.165. The quantitative estimate of drug-likeness (QED) is 0.735. The molecule has 2 heterocycles. The van der Waals surface area contributed by atoms with E-state index in [9.17, 15) is 9.59 Å². The third-order valence-electron chi connectivity index (χ3n) is 4.24. The van der Waals surface area contributed by atoms with Gasteiger partial charge in [0.1, 0.15) is 11.1 Å². The summed E-state index contributed by atoms with van der Waals surface area (Å²) < 4.78 is 5.60. The van der Waals surface area contributed by atoms with Gasteiger partial charge in [-0.15, -0.1) is 0 Å². The van der Waals surface area contributed by atoms with Gasteiger partial charge in [-0.1, -0.05) is 29.8 Å². The summed E-state index contributed by atoms with van der Waals surface area (Å²) in [6.07, 6.45) is 0. The van der Waals surface area contributed by atoms with Crippen molar-refractivity contribution in [1.29, 1.82) is 0 Å². The number of rotatable bonds is 5. The van der Waals surface area contributed by atoms with Crippen LogP contribution in [0.2, 0.25) is 0 Å². The van der Waals surface area contributed by atoms with Crippen molar-refractivity contribution < 1.29 is 9.21 Å². The number of aromatic amines is 1. The third kappa shape index (κ3) is 3.67. The number of aromatic nitrogens is 2.